The molecule has 2 aliphatic rings. The Morgan fingerprint density at radius 2 is 1.71 bits per heavy atom. The summed E-state index contributed by atoms with van der Waals surface area (Å²) < 4.78 is 11.2. The molecule has 3 rings (SSSR count). The van der Waals surface area contributed by atoms with Gasteiger partial charge in [0.15, 0.2) is 0 Å². The van der Waals surface area contributed by atoms with Crippen LogP contribution in [0, 0.1) is 6.92 Å². The number of para-hydroxylation sites is 1. The number of amides is 2. The Balaban J connectivity index is 1.37. The lowest BCUT2D eigenvalue weighted by Gasteiger charge is -2.38. The highest BCUT2D eigenvalue weighted by Crippen LogP contribution is 2.16. The molecule has 0 N–H and O–H groups in total. The molecule has 2 heterocycles. The van der Waals surface area contributed by atoms with Crippen LogP contribution in [0.3, 0.4) is 0 Å². The van der Waals surface area contributed by atoms with E-state index in [1.165, 1.54) is 5.56 Å². The van der Waals surface area contributed by atoms with Crippen molar-refractivity contribution in [3.05, 3.63) is 29.8 Å². The maximum Gasteiger partial charge on any atom is 0.320 e. The number of piperazine rings is 1. The second-order valence-electron chi connectivity index (χ2n) is 6.32. The van der Waals surface area contributed by atoms with Gasteiger partial charge in [0, 0.05) is 45.8 Å². The summed E-state index contributed by atoms with van der Waals surface area (Å²) in [6.45, 7) is 9.78. The van der Waals surface area contributed by atoms with Crippen molar-refractivity contribution >= 4 is 6.03 Å². The summed E-state index contributed by atoms with van der Waals surface area (Å²) in [6.07, 6.45) is 0. The minimum absolute atomic E-state index is 0.161. The number of carbonyl (C=O) groups excluding carboxylic acids is 1. The van der Waals surface area contributed by atoms with Crippen LogP contribution in [0.2, 0.25) is 0 Å². The topological polar surface area (TPSA) is 45.2 Å². The Labute approximate surface area is 143 Å². The Morgan fingerprint density at radius 1 is 1.04 bits per heavy atom. The maximum atomic E-state index is 12.4. The molecule has 0 atom stereocenters. The van der Waals surface area contributed by atoms with Gasteiger partial charge in [-0.05, 0) is 18.6 Å². The van der Waals surface area contributed by atoms with E-state index in [9.17, 15) is 4.79 Å². The van der Waals surface area contributed by atoms with Crippen molar-refractivity contribution in [1.29, 1.82) is 0 Å². The number of nitrogens with zero attached hydrogens (tertiary/aromatic N) is 3. The fourth-order valence-electron chi connectivity index (χ4n) is 3.12. The molecule has 0 spiro atoms. The molecule has 0 unspecified atom stereocenters. The second-order valence-corrected chi connectivity index (χ2v) is 6.32. The van der Waals surface area contributed by atoms with Gasteiger partial charge in [-0.1, -0.05) is 18.2 Å². The Kier molecular flexibility index (Phi) is 5.93. The van der Waals surface area contributed by atoms with Crippen LogP contribution in [0.15, 0.2) is 24.3 Å². The molecule has 132 valence electrons. The standard InChI is InChI=1S/C18H27N3O3/c1-16-4-2-3-5-17(16)24-15-10-19-6-8-20(9-7-19)18(22)21-11-13-23-14-12-21/h2-5H,6-15H2,1H3. The highest BCUT2D eigenvalue weighted by Gasteiger charge is 2.26. The summed E-state index contributed by atoms with van der Waals surface area (Å²) in [5.74, 6) is 0.957. The van der Waals surface area contributed by atoms with Crippen molar-refractivity contribution in [2.24, 2.45) is 0 Å². The monoisotopic (exact) mass is 333 g/mol. The number of ether oxygens (including phenoxy) is 2. The number of benzene rings is 1. The molecule has 2 fully saturated rings. The number of rotatable bonds is 4. The molecule has 6 heteroatoms. The molecule has 2 aliphatic heterocycles. The molecule has 2 saturated heterocycles. The lowest BCUT2D eigenvalue weighted by atomic mass is 10.2. The summed E-state index contributed by atoms with van der Waals surface area (Å²) >= 11 is 0. The molecule has 2 amide bonds. The quantitative estimate of drug-likeness (QED) is 0.836. The van der Waals surface area contributed by atoms with E-state index in [4.69, 9.17) is 9.47 Å². The van der Waals surface area contributed by atoms with Gasteiger partial charge in [-0.2, -0.15) is 0 Å². The number of hydrogen-bond acceptors (Lipinski definition) is 4. The first-order valence-electron chi connectivity index (χ1n) is 8.76. The number of hydrogen-bond donors (Lipinski definition) is 0. The predicted molar refractivity (Wildman–Crippen MR) is 92.5 cm³/mol. The molecular weight excluding hydrogens is 306 g/mol. The van der Waals surface area contributed by atoms with E-state index in [2.05, 4.69) is 17.9 Å². The first-order valence-corrected chi connectivity index (χ1v) is 8.76. The number of carbonyl (C=O) groups is 1. The molecule has 1 aromatic carbocycles. The van der Waals surface area contributed by atoms with Crippen molar-refractivity contribution in [1.82, 2.24) is 14.7 Å². The summed E-state index contributed by atoms with van der Waals surface area (Å²) in [7, 11) is 0. The van der Waals surface area contributed by atoms with Crippen molar-refractivity contribution in [3.63, 3.8) is 0 Å². The number of urea groups is 1. The minimum atomic E-state index is 0.161. The summed E-state index contributed by atoms with van der Waals surface area (Å²) in [6, 6.07) is 8.25. The molecule has 0 radical (unpaired) electrons. The molecule has 0 aliphatic carbocycles. The minimum Gasteiger partial charge on any atom is -0.492 e. The summed E-state index contributed by atoms with van der Waals surface area (Å²) in [4.78, 5) is 18.7. The van der Waals surface area contributed by atoms with Gasteiger partial charge < -0.3 is 19.3 Å². The van der Waals surface area contributed by atoms with Crippen LogP contribution in [-0.4, -0.2) is 86.4 Å². The van der Waals surface area contributed by atoms with E-state index in [-0.39, 0.29) is 6.03 Å². The van der Waals surface area contributed by atoms with Gasteiger partial charge in [0.1, 0.15) is 12.4 Å². The van der Waals surface area contributed by atoms with Crippen molar-refractivity contribution < 1.29 is 14.3 Å². The van der Waals surface area contributed by atoms with Gasteiger partial charge in [-0.15, -0.1) is 0 Å². The van der Waals surface area contributed by atoms with E-state index in [1.54, 1.807) is 0 Å². The fourth-order valence-corrected chi connectivity index (χ4v) is 3.12. The van der Waals surface area contributed by atoms with Gasteiger partial charge in [0.05, 0.1) is 13.2 Å². The molecule has 6 nitrogen and oxygen atoms in total. The first kappa shape index (κ1) is 17.0. The van der Waals surface area contributed by atoms with Crippen LogP contribution in [0.25, 0.3) is 0 Å². The van der Waals surface area contributed by atoms with E-state index in [1.807, 2.05) is 28.0 Å². The summed E-state index contributed by atoms with van der Waals surface area (Å²) in [5.41, 5.74) is 1.17. The van der Waals surface area contributed by atoms with Crippen LogP contribution in [-0.2, 0) is 4.74 Å². The average molecular weight is 333 g/mol. The van der Waals surface area contributed by atoms with Crippen LogP contribution < -0.4 is 4.74 Å². The van der Waals surface area contributed by atoms with Crippen molar-refractivity contribution in [2.75, 3.05) is 65.6 Å². The molecule has 0 saturated carbocycles. The highest BCUT2D eigenvalue weighted by molar-refractivity contribution is 5.74. The molecule has 24 heavy (non-hydrogen) atoms. The van der Waals surface area contributed by atoms with E-state index in [0.29, 0.717) is 32.9 Å². The normalized spacial score (nSPS) is 19.4. The fraction of sp³-hybridized carbons (Fsp3) is 0.611. The molecule has 1 aromatic rings. The zero-order valence-corrected chi connectivity index (χ0v) is 14.4. The Morgan fingerprint density at radius 3 is 2.42 bits per heavy atom. The van der Waals surface area contributed by atoms with Crippen LogP contribution in [0.4, 0.5) is 4.79 Å². The van der Waals surface area contributed by atoms with Gasteiger partial charge in [0.2, 0.25) is 0 Å². The van der Waals surface area contributed by atoms with Gasteiger partial charge in [-0.25, -0.2) is 4.79 Å². The smallest absolute Gasteiger partial charge is 0.320 e. The Bertz CT molecular complexity index is 538. The van der Waals surface area contributed by atoms with Crippen LogP contribution in [0.5, 0.6) is 5.75 Å². The number of aryl methyl sites for hydroxylation is 1. The van der Waals surface area contributed by atoms with Crippen LogP contribution >= 0.6 is 0 Å². The molecule has 0 aromatic heterocycles. The third-order valence-corrected chi connectivity index (χ3v) is 4.68. The van der Waals surface area contributed by atoms with E-state index >= 15 is 0 Å². The van der Waals surface area contributed by atoms with Crippen LogP contribution in [0.1, 0.15) is 5.56 Å². The highest BCUT2D eigenvalue weighted by atomic mass is 16.5. The third kappa shape index (κ3) is 4.39. The third-order valence-electron chi connectivity index (χ3n) is 4.68. The van der Waals surface area contributed by atoms with Gasteiger partial charge in [0.25, 0.3) is 0 Å². The van der Waals surface area contributed by atoms with Crippen molar-refractivity contribution in [3.8, 4) is 5.75 Å². The maximum absolute atomic E-state index is 12.4. The average Bonchev–Trinajstić information content (AvgIpc) is 2.64. The lowest BCUT2D eigenvalue weighted by Crippen LogP contribution is -2.55. The van der Waals surface area contributed by atoms with E-state index < -0.39 is 0 Å². The van der Waals surface area contributed by atoms with Crippen molar-refractivity contribution in [2.45, 2.75) is 6.92 Å². The molecule has 0 bridgehead atoms. The Hall–Kier alpha value is -1.79. The SMILES string of the molecule is Cc1ccccc1OCCN1CCN(C(=O)N2CCOCC2)CC1. The largest absolute Gasteiger partial charge is 0.492 e. The van der Waals surface area contributed by atoms with Gasteiger partial charge in [-0.3, -0.25) is 4.90 Å². The zero-order valence-electron chi connectivity index (χ0n) is 14.4. The van der Waals surface area contributed by atoms with E-state index in [0.717, 1.165) is 38.5 Å². The summed E-state index contributed by atoms with van der Waals surface area (Å²) in [5, 5.41) is 0. The van der Waals surface area contributed by atoms with Gasteiger partial charge >= 0.3 is 6.03 Å². The first-order chi connectivity index (χ1) is 11.7. The zero-order chi connectivity index (χ0) is 16.8. The number of morpholine rings is 1. The lowest BCUT2D eigenvalue weighted by molar-refractivity contribution is 0.0370. The second kappa shape index (κ2) is 8.35. The predicted octanol–water partition coefficient (Wildman–Crippen LogP) is 1.44. The molecular formula is C18H27N3O3.